The molecular weight excluding hydrogens is 252 g/mol. The Bertz CT molecular complexity index is 473. The van der Waals surface area contributed by atoms with Crippen molar-refractivity contribution in [1.29, 1.82) is 0 Å². The molecule has 0 spiro atoms. The van der Waals surface area contributed by atoms with Crippen LogP contribution in [0.15, 0.2) is 34.5 Å². The van der Waals surface area contributed by atoms with Crippen molar-refractivity contribution < 1.29 is 4.84 Å². The van der Waals surface area contributed by atoms with Gasteiger partial charge in [0, 0.05) is 20.0 Å². The number of hydroxylamine groups is 2. The Hall–Kier alpha value is -1.30. The van der Waals surface area contributed by atoms with Crippen LogP contribution in [0, 0.1) is 0 Å². The SMILES string of the molecule is CC1CC(c2ccc(CNC3CCN=N3)cc2)N(C)O1. The Morgan fingerprint density at radius 2 is 2.15 bits per heavy atom. The van der Waals surface area contributed by atoms with E-state index in [0.717, 1.165) is 25.9 Å². The molecule has 3 rings (SSSR count). The van der Waals surface area contributed by atoms with Crippen molar-refractivity contribution in [1.82, 2.24) is 10.4 Å². The molecule has 3 atom stereocenters. The number of benzene rings is 1. The summed E-state index contributed by atoms with van der Waals surface area (Å²) in [6.07, 6.45) is 2.57. The lowest BCUT2D eigenvalue weighted by Gasteiger charge is -2.18. The lowest BCUT2D eigenvalue weighted by Crippen LogP contribution is -2.24. The minimum absolute atomic E-state index is 0.199. The summed E-state index contributed by atoms with van der Waals surface area (Å²) < 4.78 is 0. The molecule has 3 unspecified atom stereocenters. The van der Waals surface area contributed by atoms with E-state index < -0.39 is 0 Å². The Balaban J connectivity index is 1.58. The summed E-state index contributed by atoms with van der Waals surface area (Å²) in [6.45, 7) is 3.81. The first-order valence-corrected chi connectivity index (χ1v) is 7.31. The van der Waals surface area contributed by atoms with E-state index in [1.54, 1.807) is 0 Å². The molecule has 108 valence electrons. The van der Waals surface area contributed by atoms with Gasteiger partial charge in [-0.3, -0.25) is 10.2 Å². The Labute approximate surface area is 120 Å². The first-order chi connectivity index (χ1) is 9.72. The van der Waals surface area contributed by atoms with Crippen molar-refractivity contribution >= 4 is 0 Å². The van der Waals surface area contributed by atoms with Gasteiger partial charge in [-0.05, 0) is 24.5 Å². The van der Waals surface area contributed by atoms with Gasteiger partial charge in [-0.2, -0.15) is 15.3 Å². The summed E-state index contributed by atoms with van der Waals surface area (Å²) in [7, 11) is 2.01. The van der Waals surface area contributed by atoms with Crippen LogP contribution in [0.4, 0.5) is 0 Å². The molecule has 0 amide bonds. The van der Waals surface area contributed by atoms with Crippen LogP contribution in [0.2, 0.25) is 0 Å². The van der Waals surface area contributed by atoms with E-state index in [-0.39, 0.29) is 6.17 Å². The molecule has 0 radical (unpaired) electrons. The van der Waals surface area contributed by atoms with Crippen LogP contribution in [0.1, 0.15) is 36.9 Å². The maximum atomic E-state index is 5.67. The average Bonchev–Trinajstić information content (AvgIpc) is 3.07. The highest BCUT2D eigenvalue weighted by molar-refractivity contribution is 5.25. The number of rotatable bonds is 4. The van der Waals surface area contributed by atoms with Gasteiger partial charge in [0.1, 0.15) is 6.17 Å². The lowest BCUT2D eigenvalue weighted by molar-refractivity contribution is -0.138. The second-order valence-corrected chi connectivity index (χ2v) is 5.62. The fraction of sp³-hybridized carbons (Fsp3) is 0.600. The number of azo groups is 1. The van der Waals surface area contributed by atoms with Crippen LogP contribution in [0.3, 0.4) is 0 Å². The predicted octanol–water partition coefficient (Wildman–Crippen LogP) is 2.65. The Morgan fingerprint density at radius 3 is 2.75 bits per heavy atom. The Morgan fingerprint density at radius 1 is 1.35 bits per heavy atom. The minimum atomic E-state index is 0.199. The van der Waals surface area contributed by atoms with Gasteiger partial charge in [-0.25, -0.2) is 0 Å². The van der Waals surface area contributed by atoms with Crippen molar-refractivity contribution in [2.75, 3.05) is 13.6 Å². The monoisotopic (exact) mass is 274 g/mol. The minimum Gasteiger partial charge on any atom is -0.296 e. The predicted molar refractivity (Wildman–Crippen MR) is 77.1 cm³/mol. The van der Waals surface area contributed by atoms with Crippen LogP contribution in [-0.4, -0.2) is 30.9 Å². The molecule has 1 aromatic carbocycles. The van der Waals surface area contributed by atoms with Crippen LogP contribution in [0.5, 0.6) is 0 Å². The molecule has 0 aliphatic carbocycles. The van der Waals surface area contributed by atoms with Gasteiger partial charge in [-0.1, -0.05) is 24.3 Å². The zero-order chi connectivity index (χ0) is 13.9. The lowest BCUT2D eigenvalue weighted by atomic mass is 10.0. The molecule has 1 N–H and O–H groups in total. The number of nitrogens with one attached hydrogen (secondary N) is 1. The summed E-state index contributed by atoms with van der Waals surface area (Å²) in [4.78, 5) is 5.67. The molecule has 0 bridgehead atoms. The molecule has 1 fully saturated rings. The smallest absolute Gasteiger partial charge is 0.123 e. The van der Waals surface area contributed by atoms with Gasteiger partial charge in [0.2, 0.25) is 0 Å². The van der Waals surface area contributed by atoms with E-state index in [1.165, 1.54) is 11.1 Å². The first-order valence-electron chi connectivity index (χ1n) is 7.31. The Kier molecular flexibility index (Phi) is 4.10. The van der Waals surface area contributed by atoms with Crippen molar-refractivity contribution in [3.63, 3.8) is 0 Å². The van der Waals surface area contributed by atoms with Gasteiger partial charge in [0.15, 0.2) is 0 Å². The fourth-order valence-electron chi connectivity index (χ4n) is 2.84. The maximum Gasteiger partial charge on any atom is 0.123 e. The molecule has 2 aliphatic rings. The molecule has 0 aromatic heterocycles. The summed E-state index contributed by atoms with van der Waals surface area (Å²) in [5, 5.41) is 13.5. The third kappa shape index (κ3) is 3.06. The van der Waals surface area contributed by atoms with Crippen LogP contribution in [0.25, 0.3) is 0 Å². The average molecular weight is 274 g/mol. The van der Waals surface area contributed by atoms with E-state index in [0.29, 0.717) is 12.1 Å². The molecule has 0 saturated carbocycles. The number of hydrogen-bond acceptors (Lipinski definition) is 5. The van der Waals surface area contributed by atoms with Crippen LogP contribution >= 0.6 is 0 Å². The molecule has 2 aliphatic heterocycles. The summed E-state index contributed by atoms with van der Waals surface area (Å²) >= 11 is 0. The van der Waals surface area contributed by atoms with Gasteiger partial charge in [-0.15, -0.1) is 0 Å². The third-order valence-electron chi connectivity index (χ3n) is 3.97. The quantitative estimate of drug-likeness (QED) is 0.918. The van der Waals surface area contributed by atoms with E-state index >= 15 is 0 Å². The molecule has 20 heavy (non-hydrogen) atoms. The zero-order valence-corrected chi connectivity index (χ0v) is 12.1. The fourth-order valence-corrected chi connectivity index (χ4v) is 2.84. The molecule has 5 nitrogen and oxygen atoms in total. The van der Waals surface area contributed by atoms with Crippen molar-refractivity contribution in [2.45, 2.75) is 44.6 Å². The highest BCUT2D eigenvalue weighted by Crippen LogP contribution is 2.32. The topological polar surface area (TPSA) is 49.2 Å². The maximum absolute atomic E-state index is 5.67. The first kappa shape index (κ1) is 13.7. The molecule has 1 saturated heterocycles. The standard InChI is InChI=1S/C15H22N4O/c1-11-9-14(19(2)20-11)13-5-3-12(4-6-13)10-16-15-7-8-17-18-15/h3-6,11,14-16H,7-10H2,1-2H3. The van der Waals surface area contributed by atoms with E-state index in [1.807, 2.05) is 12.1 Å². The van der Waals surface area contributed by atoms with Gasteiger partial charge < -0.3 is 0 Å². The zero-order valence-electron chi connectivity index (χ0n) is 12.1. The second kappa shape index (κ2) is 5.99. The van der Waals surface area contributed by atoms with Gasteiger partial charge >= 0.3 is 0 Å². The van der Waals surface area contributed by atoms with E-state index in [9.17, 15) is 0 Å². The van der Waals surface area contributed by atoms with Crippen molar-refractivity contribution in [3.05, 3.63) is 35.4 Å². The molecule has 2 heterocycles. The number of hydrogen-bond donors (Lipinski definition) is 1. The van der Waals surface area contributed by atoms with E-state index in [2.05, 4.69) is 46.7 Å². The van der Waals surface area contributed by atoms with E-state index in [4.69, 9.17) is 4.84 Å². The van der Waals surface area contributed by atoms with Gasteiger partial charge in [0.25, 0.3) is 0 Å². The van der Waals surface area contributed by atoms with Gasteiger partial charge in [0.05, 0.1) is 18.7 Å². The van der Waals surface area contributed by atoms with Crippen LogP contribution in [-0.2, 0) is 11.4 Å². The highest BCUT2D eigenvalue weighted by atomic mass is 16.7. The van der Waals surface area contributed by atoms with Crippen LogP contribution < -0.4 is 5.32 Å². The largest absolute Gasteiger partial charge is 0.296 e. The summed E-state index contributed by atoms with van der Waals surface area (Å²) in [6, 6.07) is 9.15. The molecule has 1 aromatic rings. The third-order valence-corrected chi connectivity index (χ3v) is 3.97. The summed E-state index contributed by atoms with van der Waals surface area (Å²) in [5.41, 5.74) is 2.60. The molecular formula is C15H22N4O. The highest BCUT2D eigenvalue weighted by Gasteiger charge is 2.28. The normalized spacial score (nSPS) is 30.2. The second-order valence-electron chi connectivity index (χ2n) is 5.62. The van der Waals surface area contributed by atoms with Crippen molar-refractivity contribution in [2.24, 2.45) is 10.2 Å². The summed E-state index contributed by atoms with van der Waals surface area (Å²) in [5.74, 6) is 0. The van der Waals surface area contributed by atoms with Crippen molar-refractivity contribution in [3.8, 4) is 0 Å². The number of nitrogens with zero attached hydrogens (tertiary/aromatic N) is 3. The molecule has 5 heteroatoms.